The number of hydrogen-bond acceptors (Lipinski definition) is 3. The number of nitrogens with zero attached hydrogens (tertiary/aromatic N) is 1. The molecule has 1 N–H and O–H groups in total. The van der Waals surface area contributed by atoms with Crippen LogP contribution in [0.1, 0.15) is 44.9 Å². The molecule has 0 aliphatic carbocycles. The monoisotopic (exact) mass is 518 g/mol. The number of amides is 1. The standard InChI is InChI=1S/C26H28Cl2N2O3S/c1-18(19-13-15-20(16-14-19)26(2,3)4)29-24(31)17-30(23-12-8-11-22(27)25(23)28)34(32,33)21-9-6-5-7-10-21/h5-16,18H,17H2,1-4H3,(H,29,31)/t18-/m1/s1. The lowest BCUT2D eigenvalue weighted by Gasteiger charge is -2.26. The molecule has 0 aliphatic rings. The van der Waals surface area contributed by atoms with Crippen molar-refractivity contribution >= 4 is 44.8 Å². The highest BCUT2D eigenvalue weighted by Gasteiger charge is 2.29. The molecule has 1 amide bonds. The summed E-state index contributed by atoms with van der Waals surface area (Å²) in [6.45, 7) is 7.80. The summed E-state index contributed by atoms with van der Waals surface area (Å²) in [6.07, 6.45) is 0. The number of sulfonamides is 1. The topological polar surface area (TPSA) is 66.5 Å². The van der Waals surface area contributed by atoms with Gasteiger partial charge in [0.1, 0.15) is 6.54 Å². The van der Waals surface area contributed by atoms with Crippen molar-refractivity contribution in [3.05, 3.63) is 94.0 Å². The molecule has 8 heteroatoms. The van der Waals surface area contributed by atoms with E-state index in [-0.39, 0.29) is 32.1 Å². The Morgan fingerprint density at radius 3 is 2.15 bits per heavy atom. The van der Waals surface area contributed by atoms with Gasteiger partial charge in [0, 0.05) is 0 Å². The molecule has 0 heterocycles. The van der Waals surface area contributed by atoms with Crippen molar-refractivity contribution in [2.45, 2.75) is 44.0 Å². The summed E-state index contributed by atoms with van der Waals surface area (Å²) in [7, 11) is -4.08. The highest BCUT2D eigenvalue weighted by atomic mass is 35.5. The molecular weight excluding hydrogens is 491 g/mol. The Kier molecular flexibility index (Phi) is 7.96. The molecule has 1 atom stereocenters. The van der Waals surface area contributed by atoms with Crippen LogP contribution in [0.2, 0.25) is 10.0 Å². The SMILES string of the molecule is C[C@@H](NC(=O)CN(c1cccc(Cl)c1Cl)S(=O)(=O)c1ccccc1)c1ccc(C(C)(C)C)cc1. The second kappa shape index (κ2) is 10.4. The zero-order valence-electron chi connectivity index (χ0n) is 19.5. The van der Waals surface area contributed by atoms with Crippen LogP contribution < -0.4 is 9.62 Å². The number of anilines is 1. The summed E-state index contributed by atoms with van der Waals surface area (Å²) < 4.78 is 27.9. The lowest BCUT2D eigenvalue weighted by atomic mass is 9.86. The number of carbonyl (C=O) groups excluding carboxylic acids is 1. The third-order valence-electron chi connectivity index (χ3n) is 5.47. The first kappa shape index (κ1) is 26.1. The van der Waals surface area contributed by atoms with Gasteiger partial charge in [-0.2, -0.15) is 0 Å². The van der Waals surface area contributed by atoms with Gasteiger partial charge in [0.2, 0.25) is 5.91 Å². The smallest absolute Gasteiger partial charge is 0.264 e. The Morgan fingerprint density at radius 2 is 1.56 bits per heavy atom. The molecular formula is C26H28Cl2N2O3S. The van der Waals surface area contributed by atoms with E-state index in [1.165, 1.54) is 23.8 Å². The predicted molar refractivity (Wildman–Crippen MR) is 139 cm³/mol. The Morgan fingerprint density at radius 1 is 0.941 bits per heavy atom. The Hall–Kier alpha value is -2.54. The molecule has 0 saturated heterocycles. The van der Waals surface area contributed by atoms with Crippen LogP contribution in [-0.4, -0.2) is 20.9 Å². The van der Waals surface area contributed by atoms with Crippen LogP contribution >= 0.6 is 23.2 Å². The van der Waals surface area contributed by atoms with Gasteiger partial charge in [-0.15, -0.1) is 0 Å². The average Bonchev–Trinajstić information content (AvgIpc) is 2.79. The number of carbonyl (C=O) groups is 1. The third kappa shape index (κ3) is 5.93. The van der Waals surface area contributed by atoms with Crippen LogP contribution in [0.25, 0.3) is 0 Å². The number of rotatable bonds is 7. The van der Waals surface area contributed by atoms with Gasteiger partial charge in [-0.25, -0.2) is 8.42 Å². The highest BCUT2D eigenvalue weighted by Crippen LogP contribution is 2.35. The summed E-state index contributed by atoms with van der Waals surface area (Å²) in [5, 5.41) is 3.14. The lowest BCUT2D eigenvalue weighted by molar-refractivity contribution is -0.120. The second-order valence-corrected chi connectivity index (χ2v) is 11.7. The summed E-state index contributed by atoms with van der Waals surface area (Å²) in [5.41, 5.74) is 2.26. The van der Waals surface area contributed by atoms with Crippen LogP contribution in [0.4, 0.5) is 5.69 Å². The van der Waals surface area contributed by atoms with E-state index in [1.54, 1.807) is 30.3 Å². The quantitative estimate of drug-likeness (QED) is 0.395. The average molecular weight is 519 g/mol. The third-order valence-corrected chi connectivity index (χ3v) is 8.06. The molecule has 5 nitrogen and oxygen atoms in total. The van der Waals surface area contributed by atoms with Crippen LogP contribution in [0.3, 0.4) is 0 Å². The summed E-state index contributed by atoms with van der Waals surface area (Å²) in [6, 6.07) is 20.3. The molecule has 3 aromatic rings. The fourth-order valence-corrected chi connectivity index (χ4v) is 5.38. The van der Waals surface area contributed by atoms with Gasteiger partial charge >= 0.3 is 0 Å². The highest BCUT2D eigenvalue weighted by molar-refractivity contribution is 7.92. The molecule has 0 radical (unpaired) electrons. The normalized spacial score (nSPS) is 12.8. The maximum absolute atomic E-state index is 13.5. The molecule has 0 aromatic heterocycles. The first-order valence-electron chi connectivity index (χ1n) is 10.8. The van der Waals surface area contributed by atoms with Crippen molar-refractivity contribution in [3.8, 4) is 0 Å². The van der Waals surface area contributed by atoms with Crippen LogP contribution in [0, 0.1) is 0 Å². The first-order chi connectivity index (χ1) is 15.9. The molecule has 0 unspecified atom stereocenters. The largest absolute Gasteiger partial charge is 0.348 e. The lowest BCUT2D eigenvalue weighted by Crippen LogP contribution is -2.41. The molecule has 0 aliphatic heterocycles. The Balaban J connectivity index is 1.88. The van der Waals surface area contributed by atoms with E-state index in [4.69, 9.17) is 23.2 Å². The second-order valence-electron chi connectivity index (χ2n) is 9.06. The van der Waals surface area contributed by atoms with Crippen molar-refractivity contribution in [1.29, 1.82) is 0 Å². The summed E-state index contributed by atoms with van der Waals surface area (Å²) in [4.78, 5) is 13.1. The minimum Gasteiger partial charge on any atom is -0.348 e. The van der Waals surface area contributed by atoms with Crippen molar-refractivity contribution in [1.82, 2.24) is 5.32 Å². The van der Waals surface area contributed by atoms with Gasteiger partial charge in [0.15, 0.2) is 0 Å². The number of hydrogen-bond donors (Lipinski definition) is 1. The van der Waals surface area contributed by atoms with Crippen molar-refractivity contribution < 1.29 is 13.2 Å². The zero-order valence-corrected chi connectivity index (χ0v) is 21.9. The zero-order chi connectivity index (χ0) is 25.1. The van der Waals surface area contributed by atoms with Gasteiger partial charge in [-0.1, -0.05) is 92.5 Å². The van der Waals surface area contributed by atoms with Gasteiger partial charge in [-0.05, 0) is 47.7 Å². The summed E-state index contributed by atoms with van der Waals surface area (Å²) >= 11 is 12.5. The predicted octanol–water partition coefficient (Wildman–Crippen LogP) is 6.36. The van der Waals surface area contributed by atoms with E-state index in [0.717, 1.165) is 9.87 Å². The molecule has 180 valence electrons. The van der Waals surface area contributed by atoms with E-state index in [9.17, 15) is 13.2 Å². The van der Waals surface area contributed by atoms with Gasteiger partial charge in [-0.3, -0.25) is 9.10 Å². The van der Waals surface area contributed by atoms with E-state index in [1.807, 2.05) is 31.2 Å². The number of benzene rings is 3. The van der Waals surface area contributed by atoms with Crippen LogP contribution in [0.15, 0.2) is 77.7 Å². The van der Waals surface area contributed by atoms with E-state index >= 15 is 0 Å². The van der Waals surface area contributed by atoms with Gasteiger partial charge < -0.3 is 5.32 Å². The van der Waals surface area contributed by atoms with E-state index in [2.05, 4.69) is 26.1 Å². The first-order valence-corrected chi connectivity index (χ1v) is 13.0. The summed E-state index contributed by atoms with van der Waals surface area (Å²) in [5.74, 6) is -0.469. The number of nitrogens with one attached hydrogen (secondary N) is 1. The van der Waals surface area contributed by atoms with Crippen LogP contribution in [-0.2, 0) is 20.2 Å². The van der Waals surface area contributed by atoms with Crippen molar-refractivity contribution in [3.63, 3.8) is 0 Å². The van der Waals surface area contributed by atoms with Crippen molar-refractivity contribution in [2.75, 3.05) is 10.8 Å². The van der Waals surface area contributed by atoms with E-state index < -0.39 is 22.5 Å². The molecule has 3 rings (SSSR count). The van der Waals surface area contributed by atoms with E-state index in [0.29, 0.717) is 0 Å². The maximum atomic E-state index is 13.5. The fourth-order valence-electron chi connectivity index (χ4n) is 3.48. The molecule has 3 aromatic carbocycles. The minimum atomic E-state index is -4.08. The van der Waals surface area contributed by atoms with Gasteiger partial charge in [0.25, 0.3) is 10.0 Å². The fraction of sp³-hybridized carbons (Fsp3) is 0.269. The Bertz CT molecular complexity index is 1260. The molecule has 0 bridgehead atoms. The molecule has 34 heavy (non-hydrogen) atoms. The maximum Gasteiger partial charge on any atom is 0.264 e. The Labute approximate surface area is 211 Å². The minimum absolute atomic E-state index is 0.0214. The van der Waals surface area contributed by atoms with Gasteiger partial charge in [0.05, 0.1) is 26.7 Å². The molecule has 0 fully saturated rings. The molecule has 0 spiro atoms. The number of halogens is 2. The van der Waals surface area contributed by atoms with Crippen LogP contribution in [0.5, 0.6) is 0 Å². The molecule has 0 saturated carbocycles. The van der Waals surface area contributed by atoms with Crippen molar-refractivity contribution in [2.24, 2.45) is 0 Å².